The highest BCUT2D eigenvalue weighted by atomic mass is 32.2. The van der Waals surface area contributed by atoms with Gasteiger partial charge in [0.2, 0.25) is 0 Å². The van der Waals surface area contributed by atoms with Crippen molar-refractivity contribution < 1.29 is 22.2 Å². The summed E-state index contributed by atoms with van der Waals surface area (Å²) in [4.78, 5) is 11.6. The maximum atomic E-state index is 12.7. The number of rotatable bonds is 4. The zero-order valence-electron chi connectivity index (χ0n) is 11.5. The Bertz CT molecular complexity index is 622. The van der Waals surface area contributed by atoms with Crippen molar-refractivity contribution in [3.63, 3.8) is 0 Å². The Morgan fingerprint density at radius 3 is 2.52 bits per heavy atom. The summed E-state index contributed by atoms with van der Waals surface area (Å²) in [5.41, 5.74) is -1.26. The third-order valence-electron chi connectivity index (χ3n) is 2.63. The Kier molecular flexibility index (Phi) is 5.59. The van der Waals surface area contributed by atoms with Crippen molar-refractivity contribution in [1.82, 2.24) is 5.32 Å². The number of nitrogens with one attached hydrogen (secondary N) is 2. The summed E-state index contributed by atoms with van der Waals surface area (Å²) in [6.07, 6.45) is -3.12. The molecule has 0 saturated carbocycles. The number of hydrogen-bond acceptors (Lipinski definition) is 3. The minimum absolute atomic E-state index is 0.0483. The molecule has 118 valence electrons. The van der Waals surface area contributed by atoms with Gasteiger partial charge in [0.25, 0.3) is 0 Å². The van der Waals surface area contributed by atoms with Crippen LogP contribution >= 0.6 is 0 Å². The molecule has 0 aliphatic rings. The molecule has 1 unspecified atom stereocenters. The van der Waals surface area contributed by atoms with Crippen molar-refractivity contribution in [1.29, 1.82) is 0 Å². The zero-order valence-corrected chi connectivity index (χ0v) is 12.3. The van der Waals surface area contributed by atoms with Gasteiger partial charge in [0.1, 0.15) is 0 Å². The Morgan fingerprint density at radius 1 is 1.33 bits per heavy atom. The molecule has 2 amide bonds. The van der Waals surface area contributed by atoms with Crippen LogP contribution in [0.4, 0.5) is 23.7 Å². The van der Waals surface area contributed by atoms with E-state index in [1.807, 2.05) is 0 Å². The average Bonchev–Trinajstić information content (AvgIpc) is 2.38. The molecule has 1 aromatic carbocycles. The first-order chi connectivity index (χ1) is 9.65. The van der Waals surface area contributed by atoms with E-state index in [1.54, 1.807) is 0 Å². The van der Waals surface area contributed by atoms with E-state index in [1.165, 1.54) is 25.4 Å². The molecule has 0 spiro atoms. The van der Waals surface area contributed by atoms with Crippen molar-refractivity contribution in [2.24, 2.45) is 4.36 Å². The third kappa shape index (κ3) is 5.62. The van der Waals surface area contributed by atoms with Crippen LogP contribution in [0.25, 0.3) is 0 Å². The minimum atomic E-state index is -4.55. The number of amides is 2. The number of para-hydroxylation sites is 1. The van der Waals surface area contributed by atoms with Gasteiger partial charge in [0.05, 0.1) is 11.3 Å². The second kappa shape index (κ2) is 6.79. The number of hydrogen-bond donors (Lipinski definition) is 2. The lowest BCUT2D eigenvalue weighted by atomic mass is 10.1. The van der Waals surface area contributed by atoms with Crippen molar-refractivity contribution in [2.75, 3.05) is 30.9 Å². The van der Waals surface area contributed by atoms with Crippen LogP contribution in [-0.4, -0.2) is 35.8 Å². The lowest BCUT2D eigenvalue weighted by molar-refractivity contribution is -0.136. The molecule has 1 atom stereocenters. The van der Waals surface area contributed by atoms with E-state index < -0.39 is 27.5 Å². The number of anilines is 1. The highest BCUT2D eigenvalue weighted by molar-refractivity contribution is 7.92. The molecule has 1 rings (SSSR count). The predicted molar refractivity (Wildman–Crippen MR) is 75.8 cm³/mol. The Balaban J connectivity index is 2.67. The molecule has 0 heterocycles. The van der Waals surface area contributed by atoms with Crippen LogP contribution in [0.1, 0.15) is 5.56 Å². The van der Waals surface area contributed by atoms with Gasteiger partial charge in [0.15, 0.2) is 0 Å². The molecule has 2 N–H and O–H groups in total. The highest BCUT2D eigenvalue weighted by Crippen LogP contribution is 2.34. The fourth-order valence-electron chi connectivity index (χ4n) is 1.45. The van der Waals surface area contributed by atoms with E-state index in [2.05, 4.69) is 15.0 Å². The summed E-state index contributed by atoms with van der Waals surface area (Å²) in [7, 11) is -0.962. The van der Waals surface area contributed by atoms with Gasteiger partial charge < -0.3 is 10.6 Å². The Labute approximate surface area is 121 Å². The van der Waals surface area contributed by atoms with Crippen LogP contribution in [0, 0.1) is 0 Å². The molecule has 0 aliphatic heterocycles. The number of benzene rings is 1. The van der Waals surface area contributed by atoms with Crippen LogP contribution < -0.4 is 10.6 Å². The maximum absolute atomic E-state index is 12.7. The largest absolute Gasteiger partial charge is 0.418 e. The summed E-state index contributed by atoms with van der Waals surface area (Å²) in [5.74, 6) is 0.123. The van der Waals surface area contributed by atoms with Crippen molar-refractivity contribution in [3.8, 4) is 0 Å². The van der Waals surface area contributed by atoms with Gasteiger partial charge in [0, 0.05) is 35.3 Å². The van der Waals surface area contributed by atoms with Crippen LogP contribution in [-0.2, 0) is 15.9 Å². The molecule has 9 heteroatoms. The lowest BCUT2D eigenvalue weighted by Crippen LogP contribution is -2.33. The van der Waals surface area contributed by atoms with E-state index in [4.69, 9.17) is 0 Å². The summed E-state index contributed by atoms with van der Waals surface area (Å²) in [6, 6.07) is 3.87. The molecule has 0 saturated heterocycles. The molecule has 0 radical (unpaired) electrons. The van der Waals surface area contributed by atoms with E-state index in [9.17, 15) is 22.2 Å². The number of urea groups is 1. The first-order valence-electron chi connectivity index (χ1n) is 5.95. The monoisotopic (exact) mass is 323 g/mol. The molecule has 21 heavy (non-hydrogen) atoms. The Hall–Kier alpha value is -1.77. The van der Waals surface area contributed by atoms with Gasteiger partial charge in [-0.1, -0.05) is 12.1 Å². The summed E-state index contributed by atoms with van der Waals surface area (Å²) in [6.45, 7) is 0.0483. The highest BCUT2D eigenvalue weighted by Gasteiger charge is 2.33. The summed E-state index contributed by atoms with van der Waals surface area (Å²) < 4.78 is 53.4. The molecule has 0 fully saturated rings. The second-order valence-corrected chi connectivity index (χ2v) is 6.96. The quantitative estimate of drug-likeness (QED) is 0.894. The van der Waals surface area contributed by atoms with Crippen molar-refractivity contribution in [2.45, 2.75) is 6.18 Å². The Morgan fingerprint density at radius 2 is 1.95 bits per heavy atom. The number of nitrogens with zero attached hydrogens (tertiary/aromatic N) is 1. The van der Waals surface area contributed by atoms with Gasteiger partial charge in [-0.25, -0.2) is 13.4 Å². The molecule has 0 bridgehead atoms. The molecule has 1 aromatic rings. The second-order valence-electron chi connectivity index (χ2n) is 4.27. The van der Waals surface area contributed by atoms with E-state index >= 15 is 0 Å². The SMILES string of the molecule is CN=S(C)(=O)CCNC(=O)Nc1ccccc1C(F)(F)F. The summed E-state index contributed by atoms with van der Waals surface area (Å²) in [5, 5.41) is 4.47. The maximum Gasteiger partial charge on any atom is 0.418 e. The molecule has 0 aromatic heterocycles. The standard InChI is InChI=1S/C12H16F3N3O2S/c1-16-21(2,20)8-7-17-11(19)18-10-6-4-3-5-9(10)12(13,14)15/h3-6H,7-8H2,1-2H3,(H2,17,18,19). The number of alkyl halides is 3. The predicted octanol–water partition coefficient (Wildman–Crippen LogP) is 2.55. The van der Waals surface area contributed by atoms with Crippen molar-refractivity contribution in [3.05, 3.63) is 29.8 Å². The zero-order chi connectivity index (χ0) is 16.1. The lowest BCUT2D eigenvalue weighted by Gasteiger charge is -2.14. The minimum Gasteiger partial charge on any atom is -0.337 e. The topological polar surface area (TPSA) is 70.6 Å². The van der Waals surface area contributed by atoms with Crippen LogP contribution in [0.15, 0.2) is 28.6 Å². The van der Waals surface area contributed by atoms with Gasteiger partial charge in [-0.2, -0.15) is 13.2 Å². The van der Waals surface area contributed by atoms with Crippen LogP contribution in [0.3, 0.4) is 0 Å². The van der Waals surface area contributed by atoms with E-state index in [0.717, 1.165) is 12.1 Å². The average molecular weight is 323 g/mol. The number of halogens is 3. The van der Waals surface area contributed by atoms with E-state index in [0.29, 0.717) is 0 Å². The van der Waals surface area contributed by atoms with Crippen LogP contribution in [0.5, 0.6) is 0 Å². The molecule has 5 nitrogen and oxygen atoms in total. The normalized spacial score (nSPS) is 14.1. The smallest absolute Gasteiger partial charge is 0.337 e. The van der Waals surface area contributed by atoms with Crippen molar-refractivity contribution >= 4 is 21.4 Å². The molecule has 0 aliphatic carbocycles. The van der Waals surface area contributed by atoms with Crippen LogP contribution in [0.2, 0.25) is 0 Å². The van der Waals surface area contributed by atoms with Gasteiger partial charge in [-0.3, -0.25) is 0 Å². The van der Waals surface area contributed by atoms with Gasteiger partial charge >= 0.3 is 12.2 Å². The molecular formula is C12H16F3N3O2S. The van der Waals surface area contributed by atoms with Gasteiger partial charge in [-0.05, 0) is 12.1 Å². The molecular weight excluding hydrogens is 307 g/mol. The fraction of sp³-hybridized carbons (Fsp3) is 0.417. The van der Waals surface area contributed by atoms with Gasteiger partial charge in [-0.15, -0.1) is 0 Å². The van der Waals surface area contributed by atoms with E-state index in [-0.39, 0.29) is 18.0 Å². The number of carbonyl (C=O) groups is 1. The summed E-state index contributed by atoms with van der Waals surface area (Å²) >= 11 is 0. The first-order valence-corrected chi connectivity index (χ1v) is 8.04. The third-order valence-corrected chi connectivity index (χ3v) is 4.37. The number of carbonyl (C=O) groups excluding carboxylic acids is 1. The first kappa shape index (κ1) is 17.3. The fourth-order valence-corrected chi connectivity index (χ4v) is 2.11.